The van der Waals surface area contributed by atoms with E-state index in [1.165, 1.54) is 0 Å². The highest BCUT2D eigenvalue weighted by molar-refractivity contribution is 5.79. The van der Waals surface area contributed by atoms with E-state index in [0.717, 1.165) is 37.0 Å². The number of fused-ring (bicyclic) bond motifs is 1. The lowest BCUT2D eigenvalue weighted by Gasteiger charge is -2.39. The van der Waals surface area contributed by atoms with Crippen molar-refractivity contribution in [1.82, 2.24) is 19.4 Å². The van der Waals surface area contributed by atoms with E-state index in [0.29, 0.717) is 29.9 Å². The number of likely N-dealkylation sites (tertiary alicyclic amines) is 1. The minimum atomic E-state index is -0.544. The molecule has 30 heavy (non-hydrogen) atoms. The molecule has 2 aromatic rings. The van der Waals surface area contributed by atoms with Crippen LogP contribution >= 0.6 is 0 Å². The van der Waals surface area contributed by atoms with Gasteiger partial charge in [-0.05, 0) is 44.7 Å². The van der Waals surface area contributed by atoms with Crippen LogP contribution in [0.2, 0.25) is 0 Å². The second-order valence-electron chi connectivity index (χ2n) is 8.67. The minimum Gasteiger partial charge on any atom is -0.373 e. The van der Waals surface area contributed by atoms with Crippen LogP contribution in [-0.2, 0) is 16.1 Å². The van der Waals surface area contributed by atoms with E-state index in [1.807, 2.05) is 0 Å². The Hall–Kier alpha value is -2.45. The molecule has 0 radical (unpaired) electrons. The highest BCUT2D eigenvalue weighted by Crippen LogP contribution is 2.21. The van der Waals surface area contributed by atoms with Crippen LogP contribution in [0.3, 0.4) is 0 Å². The van der Waals surface area contributed by atoms with Gasteiger partial charge in [-0.15, -0.1) is 0 Å². The van der Waals surface area contributed by atoms with Gasteiger partial charge in [-0.2, -0.15) is 0 Å². The number of para-hydroxylation sites is 1. The number of aromatic nitrogens is 2. The van der Waals surface area contributed by atoms with E-state index in [4.69, 9.17) is 4.74 Å². The van der Waals surface area contributed by atoms with E-state index < -0.39 is 11.2 Å². The number of nitrogens with one attached hydrogen (secondary N) is 1. The highest BCUT2D eigenvalue weighted by atomic mass is 16.5. The van der Waals surface area contributed by atoms with Crippen LogP contribution in [0.15, 0.2) is 33.9 Å². The number of morpholine rings is 1. The van der Waals surface area contributed by atoms with Gasteiger partial charge < -0.3 is 14.6 Å². The Bertz CT molecular complexity index is 1010. The molecule has 2 aliphatic heterocycles. The molecule has 0 bridgehead atoms. The number of piperidine rings is 1. The van der Waals surface area contributed by atoms with Gasteiger partial charge in [0.25, 0.3) is 5.56 Å². The van der Waals surface area contributed by atoms with Gasteiger partial charge in [-0.25, -0.2) is 4.79 Å². The maximum Gasteiger partial charge on any atom is 0.329 e. The summed E-state index contributed by atoms with van der Waals surface area (Å²) >= 11 is 0. The average molecular weight is 415 g/mol. The molecule has 2 aliphatic rings. The topological polar surface area (TPSA) is 87.6 Å². The molecule has 162 valence electrons. The number of benzene rings is 1. The lowest BCUT2D eigenvalue weighted by molar-refractivity contribution is -0.133. The van der Waals surface area contributed by atoms with Crippen molar-refractivity contribution < 1.29 is 9.53 Å². The lowest BCUT2D eigenvalue weighted by atomic mass is 9.95. The third-order valence-electron chi connectivity index (χ3n) is 6.16. The number of aromatic amines is 1. The average Bonchev–Trinajstić information content (AvgIpc) is 2.71. The van der Waals surface area contributed by atoms with Crippen molar-refractivity contribution in [1.29, 1.82) is 0 Å². The Morgan fingerprint density at radius 3 is 2.47 bits per heavy atom. The van der Waals surface area contributed by atoms with Crippen molar-refractivity contribution in [2.75, 3.05) is 32.7 Å². The standard InChI is InChI=1S/C22H30N4O4/c1-15-11-24(12-16(2)30-15)13-17-7-9-25(10-8-17)20(27)14-26-21(28)18-5-3-4-6-19(18)23-22(26)29/h3-6,15-17H,7-14H2,1-2H3,(H,23,29). The van der Waals surface area contributed by atoms with Crippen LogP contribution in [0.25, 0.3) is 10.9 Å². The summed E-state index contributed by atoms with van der Waals surface area (Å²) in [5, 5.41) is 0.414. The zero-order valence-corrected chi connectivity index (χ0v) is 17.7. The van der Waals surface area contributed by atoms with Crippen molar-refractivity contribution >= 4 is 16.8 Å². The molecule has 0 aliphatic carbocycles. The normalized spacial score (nSPS) is 23.7. The number of amides is 1. The third-order valence-corrected chi connectivity index (χ3v) is 6.16. The summed E-state index contributed by atoms with van der Waals surface area (Å²) in [6.07, 6.45) is 2.39. The minimum absolute atomic E-state index is 0.176. The summed E-state index contributed by atoms with van der Waals surface area (Å²) in [4.78, 5) is 44.7. The summed E-state index contributed by atoms with van der Waals surface area (Å²) in [7, 11) is 0. The number of hydrogen-bond donors (Lipinski definition) is 1. The van der Waals surface area contributed by atoms with Crippen LogP contribution in [0.1, 0.15) is 26.7 Å². The fourth-order valence-electron chi connectivity index (χ4n) is 4.74. The smallest absolute Gasteiger partial charge is 0.329 e. The van der Waals surface area contributed by atoms with Crippen molar-refractivity contribution in [3.05, 3.63) is 45.1 Å². The Labute approximate surface area is 175 Å². The first-order valence-corrected chi connectivity index (χ1v) is 10.8. The van der Waals surface area contributed by atoms with Crippen molar-refractivity contribution in [3.8, 4) is 0 Å². The van der Waals surface area contributed by atoms with Gasteiger partial charge >= 0.3 is 5.69 Å². The lowest BCUT2D eigenvalue weighted by Crippen LogP contribution is -2.49. The Kier molecular flexibility index (Phi) is 6.06. The van der Waals surface area contributed by atoms with Crippen molar-refractivity contribution in [3.63, 3.8) is 0 Å². The molecule has 3 heterocycles. The molecule has 1 aromatic carbocycles. The zero-order chi connectivity index (χ0) is 21.3. The number of ether oxygens (including phenoxy) is 1. The molecule has 2 saturated heterocycles. The largest absolute Gasteiger partial charge is 0.373 e. The van der Waals surface area contributed by atoms with Gasteiger partial charge in [0.15, 0.2) is 0 Å². The maximum atomic E-state index is 12.8. The predicted molar refractivity (Wildman–Crippen MR) is 115 cm³/mol. The number of H-pyrrole nitrogens is 1. The van der Waals surface area contributed by atoms with Crippen LogP contribution in [0, 0.1) is 5.92 Å². The number of rotatable bonds is 4. The Morgan fingerprint density at radius 2 is 1.77 bits per heavy atom. The molecule has 2 fully saturated rings. The molecule has 8 nitrogen and oxygen atoms in total. The van der Waals surface area contributed by atoms with Gasteiger partial charge in [0.05, 0.1) is 23.1 Å². The molecule has 2 atom stereocenters. The van der Waals surface area contributed by atoms with E-state index in [1.54, 1.807) is 29.2 Å². The van der Waals surface area contributed by atoms with Crippen LogP contribution in [0.5, 0.6) is 0 Å². The van der Waals surface area contributed by atoms with Gasteiger partial charge in [-0.3, -0.25) is 19.1 Å². The monoisotopic (exact) mass is 414 g/mol. The molecule has 1 amide bonds. The van der Waals surface area contributed by atoms with E-state index >= 15 is 0 Å². The van der Waals surface area contributed by atoms with Crippen LogP contribution in [0.4, 0.5) is 0 Å². The molecule has 1 N–H and O–H groups in total. The molecule has 2 unspecified atom stereocenters. The van der Waals surface area contributed by atoms with Crippen molar-refractivity contribution in [2.45, 2.75) is 45.4 Å². The van der Waals surface area contributed by atoms with E-state index in [9.17, 15) is 14.4 Å². The second kappa shape index (κ2) is 8.73. The maximum absolute atomic E-state index is 12.8. The third kappa shape index (κ3) is 4.49. The molecular formula is C22H30N4O4. The zero-order valence-electron chi connectivity index (χ0n) is 17.7. The van der Waals surface area contributed by atoms with Gasteiger partial charge in [0.1, 0.15) is 6.54 Å². The molecule has 0 saturated carbocycles. The van der Waals surface area contributed by atoms with Gasteiger partial charge in [-0.1, -0.05) is 12.1 Å². The summed E-state index contributed by atoms with van der Waals surface area (Å²) in [5.74, 6) is 0.378. The summed E-state index contributed by atoms with van der Waals surface area (Å²) in [6.45, 7) is 8.28. The Balaban J connectivity index is 1.36. The highest BCUT2D eigenvalue weighted by Gasteiger charge is 2.28. The van der Waals surface area contributed by atoms with E-state index in [-0.39, 0.29) is 24.7 Å². The molecular weight excluding hydrogens is 384 g/mol. The fourth-order valence-corrected chi connectivity index (χ4v) is 4.74. The first kappa shape index (κ1) is 20.8. The van der Waals surface area contributed by atoms with Gasteiger partial charge in [0.2, 0.25) is 5.91 Å². The number of carbonyl (C=O) groups excluding carboxylic acids is 1. The van der Waals surface area contributed by atoms with Crippen molar-refractivity contribution in [2.24, 2.45) is 5.92 Å². The quantitative estimate of drug-likeness (QED) is 0.808. The molecule has 1 aromatic heterocycles. The predicted octanol–water partition coefficient (Wildman–Crippen LogP) is 1.04. The van der Waals surface area contributed by atoms with Crippen LogP contribution < -0.4 is 11.2 Å². The SMILES string of the molecule is CC1CN(CC2CCN(C(=O)Cn3c(=O)[nH]c4ccccc4c3=O)CC2)CC(C)O1. The molecule has 8 heteroatoms. The van der Waals surface area contributed by atoms with E-state index in [2.05, 4.69) is 23.7 Å². The van der Waals surface area contributed by atoms with Crippen LogP contribution in [-0.4, -0.2) is 70.2 Å². The molecule has 0 spiro atoms. The number of hydrogen-bond acceptors (Lipinski definition) is 5. The first-order valence-electron chi connectivity index (χ1n) is 10.8. The summed E-state index contributed by atoms with van der Waals surface area (Å²) in [5.41, 5.74) is -0.477. The number of carbonyl (C=O) groups is 1. The van der Waals surface area contributed by atoms with Gasteiger partial charge in [0, 0.05) is 32.7 Å². The second-order valence-corrected chi connectivity index (χ2v) is 8.67. The molecule has 4 rings (SSSR count). The Morgan fingerprint density at radius 1 is 1.10 bits per heavy atom. The summed E-state index contributed by atoms with van der Waals surface area (Å²) in [6, 6.07) is 6.85. The summed E-state index contributed by atoms with van der Waals surface area (Å²) < 4.78 is 6.81. The first-order chi connectivity index (χ1) is 14.4. The number of nitrogens with zero attached hydrogens (tertiary/aromatic N) is 3. The fraction of sp³-hybridized carbons (Fsp3) is 0.591.